The van der Waals surface area contributed by atoms with Gasteiger partial charge in [0.05, 0.1) is 12.8 Å². The Morgan fingerprint density at radius 3 is 2.71 bits per heavy atom. The van der Waals surface area contributed by atoms with E-state index in [-0.39, 0.29) is 16.6 Å². The molecule has 1 aromatic carbocycles. The van der Waals surface area contributed by atoms with E-state index < -0.39 is 10.0 Å². The van der Waals surface area contributed by atoms with Gasteiger partial charge in [0.2, 0.25) is 10.0 Å². The van der Waals surface area contributed by atoms with E-state index in [1.165, 1.54) is 4.68 Å². The Bertz CT molecular complexity index is 756. The Kier molecular flexibility index (Phi) is 4.55. The van der Waals surface area contributed by atoms with Crippen molar-refractivity contribution in [1.82, 2.24) is 14.5 Å². The third-order valence-corrected chi connectivity index (χ3v) is 5.07. The summed E-state index contributed by atoms with van der Waals surface area (Å²) in [5, 5.41) is 4.09. The summed E-state index contributed by atoms with van der Waals surface area (Å²) in [4.78, 5) is 0.00885. The molecule has 0 saturated heterocycles. The number of aryl methyl sites for hydroxylation is 2. The standard InChI is InChI=1S/C13H16ClN3O3S/c1-9-12(13(14)17(2)16-9)21(18,19)15-8-10-5-4-6-11(7-10)20-3/h4-7,15H,8H2,1-3H3. The van der Waals surface area contributed by atoms with Crippen LogP contribution in [0.25, 0.3) is 0 Å². The molecule has 0 aliphatic rings. The summed E-state index contributed by atoms with van der Waals surface area (Å²) in [5.41, 5.74) is 1.15. The Balaban J connectivity index is 2.22. The Morgan fingerprint density at radius 2 is 2.14 bits per heavy atom. The van der Waals surface area contributed by atoms with Crippen LogP contribution in [-0.4, -0.2) is 25.3 Å². The maximum atomic E-state index is 12.3. The number of aromatic nitrogens is 2. The van der Waals surface area contributed by atoms with Gasteiger partial charge in [-0.2, -0.15) is 5.10 Å². The highest BCUT2D eigenvalue weighted by atomic mass is 35.5. The fourth-order valence-electron chi connectivity index (χ4n) is 1.95. The molecule has 2 aromatic rings. The van der Waals surface area contributed by atoms with Crippen molar-refractivity contribution in [1.29, 1.82) is 0 Å². The minimum atomic E-state index is -3.72. The lowest BCUT2D eigenvalue weighted by Crippen LogP contribution is -2.24. The second-order valence-electron chi connectivity index (χ2n) is 4.51. The highest BCUT2D eigenvalue weighted by Gasteiger charge is 2.24. The van der Waals surface area contributed by atoms with Crippen molar-refractivity contribution in [3.8, 4) is 5.75 Å². The van der Waals surface area contributed by atoms with Gasteiger partial charge in [0.15, 0.2) is 0 Å². The molecule has 8 heteroatoms. The van der Waals surface area contributed by atoms with Gasteiger partial charge in [0.25, 0.3) is 0 Å². The molecule has 0 amide bonds. The van der Waals surface area contributed by atoms with Crippen molar-refractivity contribution in [2.75, 3.05) is 7.11 Å². The number of ether oxygens (including phenoxy) is 1. The molecule has 0 atom stereocenters. The van der Waals surface area contributed by atoms with Gasteiger partial charge in [-0.15, -0.1) is 0 Å². The average Bonchev–Trinajstić information content (AvgIpc) is 2.71. The monoisotopic (exact) mass is 329 g/mol. The maximum absolute atomic E-state index is 12.3. The van der Waals surface area contributed by atoms with Crippen LogP contribution in [0.1, 0.15) is 11.3 Å². The zero-order valence-electron chi connectivity index (χ0n) is 11.9. The summed E-state index contributed by atoms with van der Waals surface area (Å²) in [5.74, 6) is 0.669. The van der Waals surface area contributed by atoms with Gasteiger partial charge < -0.3 is 4.74 Å². The molecule has 6 nitrogen and oxygen atoms in total. The number of sulfonamides is 1. The zero-order chi connectivity index (χ0) is 15.6. The third kappa shape index (κ3) is 3.37. The topological polar surface area (TPSA) is 73.2 Å². The van der Waals surface area contributed by atoms with Crippen LogP contribution >= 0.6 is 11.6 Å². The first kappa shape index (κ1) is 15.8. The number of hydrogen-bond acceptors (Lipinski definition) is 4. The normalized spacial score (nSPS) is 11.6. The molecule has 0 bridgehead atoms. The van der Waals surface area contributed by atoms with Gasteiger partial charge in [-0.3, -0.25) is 4.68 Å². The second kappa shape index (κ2) is 6.05. The van der Waals surface area contributed by atoms with Gasteiger partial charge in [0, 0.05) is 13.6 Å². The van der Waals surface area contributed by atoms with Crippen LogP contribution in [0.4, 0.5) is 0 Å². The fraction of sp³-hybridized carbons (Fsp3) is 0.308. The van der Waals surface area contributed by atoms with Crippen molar-refractivity contribution in [2.45, 2.75) is 18.4 Å². The van der Waals surface area contributed by atoms with Crippen molar-refractivity contribution in [3.63, 3.8) is 0 Å². The lowest BCUT2D eigenvalue weighted by Gasteiger charge is -2.08. The molecule has 21 heavy (non-hydrogen) atoms. The molecule has 0 radical (unpaired) electrons. The second-order valence-corrected chi connectivity index (χ2v) is 6.57. The molecule has 1 N–H and O–H groups in total. The van der Waals surface area contributed by atoms with Gasteiger partial charge in [-0.05, 0) is 24.6 Å². The van der Waals surface area contributed by atoms with Crippen molar-refractivity contribution >= 4 is 21.6 Å². The first-order valence-electron chi connectivity index (χ1n) is 6.17. The fourth-order valence-corrected chi connectivity index (χ4v) is 3.71. The van der Waals surface area contributed by atoms with E-state index in [0.717, 1.165) is 5.56 Å². The van der Waals surface area contributed by atoms with Crippen molar-refractivity contribution in [3.05, 3.63) is 40.7 Å². The molecule has 2 rings (SSSR count). The molecular formula is C13H16ClN3O3S. The Labute approximate surface area is 128 Å². The van der Waals surface area contributed by atoms with E-state index in [1.54, 1.807) is 39.3 Å². The summed E-state index contributed by atoms with van der Waals surface area (Å²) < 4.78 is 33.6. The number of halogens is 1. The Morgan fingerprint density at radius 1 is 1.43 bits per heavy atom. The SMILES string of the molecule is COc1cccc(CNS(=O)(=O)c2c(C)nn(C)c2Cl)c1. The quantitative estimate of drug-likeness (QED) is 0.908. The molecule has 0 spiro atoms. The van der Waals surface area contributed by atoms with Gasteiger partial charge >= 0.3 is 0 Å². The molecule has 1 aromatic heterocycles. The number of nitrogens with zero attached hydrogens (tertiary/aromatic N) is 2. The molecule has 0 aliphatic heterocycles. The number of benzene rings is 1. The zero-order valence-corrected chi connectivity index (χ0v) is 13.5. The molecule has 0 unspecified atom stereocenters. The smallest absolute Gasteiger partial charge is 0.245 e. The average molecular weight is 330 g/mol. The minimum absolute atomic E-state index is 0.00885. The molecule has 0 fully saturated rings. The molecule has 114 valence electrons. The largest absolute Gasteiger partial charge is 0.497 e. The van der Waals surface area contributed by atoms with E-state index in [9.17, 15) is 8.42 Å². The Hall–Kier alpha value is -1.57. The predicted molar refractivity (Wildman–Crippen MR) is 80.0 cm³/mol. The van der Waals surface area contributed by atoms with E-state index in [2.05, 4.69) is 9.82 Å². The number of methoxy groups -OCH3 is 1. The highest BCUT2D eigenvalue weighted by molar-refractivity contribution is 7.89. The van der Waals surface area contributed by atoms with Crippen LogP contribution < -0.4 is 9.46 Å². The van der Waals surface area contributed by atoms with E-state index in [0.29, 0.717) is 11.4 Å². The summed E-state index contributed by atoms with van der Waals surface area (Å²) in [6.45, 7) is 1.75. The lowest BCUT2D eigenvalue weighted by atomic mass is 10.2. The predicted octanol–water partition coefficient (Wildman–Crippen LogP) is 1.87. The molecule has 0 saturated carbocycles. The number of hydrogen-bond donors (Lipinski definition) is 1. The van der Waals surface area contributed by atoms with Crippen LogP contribution in [0.5, 0.6) is 5.75 Å². The van der Waals surface area contributed by atoms with Crippen LogP contribution in [0, 0.1) is 6.92 Å². The third-order valence-electron chi connectivity index (χ3n) is 2.97. The van der Waals surface area contributed by atoms with Gasteiger partial charge in [0.1, 0.15) is 15.8 Å². The molecule has 1 heterocycles. The lowest BCUT2D eigenvalue weighted by molar-refractivity contribution is 0.414. The van der Waals surface area contributed by atoms with Crippen LogP contribution in [-0.2, 0) is 23.6 Å². The van der Waals surface area contributed by atoms with Gasteiger partial charge in [-0.25, -0.2) is 13.1 Å². The molecular weight excluding hydrogens is 314 g/mol. The summed E-state index contributed by atoms with van der Waals surface area (Å²) in [6, 6.07) is 7.16. The first-order valence-corrected chi connectivity index (χ1v) is 8.03. The van der Waals surface area contributed by atoms with E-state index >= 15 is 0 Å². The minimum Gasteiger partial charge on any atom is -0.497 e. The number of rotatable bonds is 5. The number of nitrogens with one attached hydrogen (secondary N) is 1. The summed E-state index contributed by atoms with van der Waals surface area (Å²) in [6.07, 6.45) is 0. The van der Waals surface area contributed by atoms with Crippen LogP contribution in [0.2, 0.25) is 5.15 Å². The van der Waals surface area contributed by atoms with Crippen LogP contribution in [0.3, 0.4) is 0 Å². The summed E-state index contributed by atoms with van der Waals surface area (Å²) >= 11 is 5.99. The van der Waals surface area contributed by atoms with Crippen molar-refractivity contribution in [2.24, 2.45) is 7.05 Å². The van der Waals surface area contributed by atoms with E-state index in [4.69, 9.17) is 16.3 Å². The van der Waals surface area contributed by atoms with Crippen LogP contribution in [0.15, 0.2) is 29.2 Å². The maximum Gasteiger partial charge on any atom is 0.245 e. The van der Waals surface area contributed by atoms with Gasteiger partial charge in [-0.1, -0.05) is 23.7 Å². The first-order chi connectivity index (χ1) is 9.85. The molecule has 0 aliphatic carbocycles. The highest BCUT2D eigenvalue weighted by Crippen LogP contribution is 2.24. The van der Waals surface area contributed by atoms with E-state index in [1.807, 2.05) is 6.07 Å². The summed E-state index contributed by atoms with van der Waals surface area (Å²) in [7, 11) is -0.573. The van der Waals surface area contributed by atoms with Crippen molar-refractivity contribution < 1.29 is 13.2 Å².